The van der Waals surface area contributed by atoms with E-state index >= 15 is 0 Å². The van der Waals surface area contributed by atoms with E-state index in [0.29, 0.717) is 32.1 Å². The highest BCUT2D eigenvalue weighted by atomic mass is 79.9. The molecular weight excluding hydrogens is 424 g/mol. The summed E-state index contributed by atoms with van der Waals surface area (Å²) >= 11 is 5.23. The van der Waals surface area contributed by atoms with E-state index in [1.54, 1.807) is 23.1 Å². The molecule has 1 saturated heterocycles. The Bertz CT molecular complexity index is 674. The number of guanidine groups is 1. The Hall–Kier alpha value is -0.770. The molecule has 2 rings (SSSR count). The van der Waals surface area contributed by atoms with Crippen LogP contribution in [0.25, 0.3) is 0 Å². The maximum Gasteiger partial charge on any atom is 0.215 e. The van der Waals surface area contributed by atoms with E-state index in [1.165, 1.54) is 0 Å². The van der Waals surface area contributed by atoms with Crippen molar-refractivity contribution in [2.75, 3.05) is 51.0 Å². The Morgan fingerprint density at radius 2 is 1.96 bits per heavy atom. The lowest BCUT2D eigenvalue weighted by Crippen LogP contribution is -2.44. The number of aliphatic imine (C=N–C) groups is 1. The van der Waals surface area contributed by atoms with E-state index in [2.05, 4.69) is 26.2 Å². The Labute approximate surface area is 163 Å². The number of nitrogens with zero attached hydrogens (tertiary/aromatic N) is 3. The van der Waals surface area contributed by atoms with Gasteiger partial charge in [-0.15, -0.1) is 0 Å². The molecule has 0 saturated carbocycles. The first-order valence-electron chi connectivity index (χ1n) is 8.14. The molecule has 1 N–H and O–H groups in total. The van der Waals surface area contributed by atoms with Crippen molar-refractivity contribution >= 4 is 43.7 Å². The van der Waals surface area contributed by atoms with Gasteiger partial charge in [0, 0.05) is 56.3 Å². The second-order valence-corrected chi connectivity index (χ2v) is 10.0. The molecule has 1 heterocycles. The zero-order chi connectivity index (χ0) is 18.3. The SMILES string of the molecule is CN=C(NCCS(=O)(=O)N1CCSCC1)N(C)Cc1ccc(Br)cc1. The Morgan fingerprint density at radius 3 is 2.56 bits per heavy atom. The van der Waals surface area contributed by atoms with Gasteiger partial charge in [-0.3, -0.25) is 4.99 Å². The number of nitrogens with one attached hydrogen (secondary N) is 1. The van der Waals surface area contributed by atoms with Crippen LogP contribution in [0.2, 0.25) is 0 Å². The molecule has 0 unspecified atom stereocenters. The topological polar surface area (TPSA) is 65.0 Å². The molecule has 0 spiro atoms. The molecular formula is C16H25BrN4O2S2. The number of sulfonamides is 1. The van der Waals surface area contributed by atoms with E-state index in [1.807, 2.05) is 36.2 Å². The van der Waals surface area contributed by atoms with Crippen molar-refractivity contribution in [1.82, 2.24) is 14.5 Å². The average molecular weight is 449 g/mol. The summed E-state index contributed by atoms with van der Waals surface area (Å²) in [7, 11) is 0.446. The third-order valence-corrected chi connectivity index (χ3v) is 7.26. The minimum absolute atomic E-state index is 0.0861. The van der Waals surface area contributed by atoms with Crippen molar-refractivity contribution in [3.63, 3.8) is 0 Å². The standard InChI is InChI=1S/C16H25BrN4O2S2/c1-18-16(20(2)13-14-3-5-15(17)6-4-14)19-7-12-25(22,23)21-8-10-24-11-9-21/h3-6H,7-13H2,1-2H3,(H,18,19). The van der Waals surface area contributed by atoms with Crippen LogP contribution in [0.1, 0.15) is 5.56 Å². The lowest BCUT2D eigenvalue weighted by molar-refractivity contribution is 0.442. The number of hydrogen-bond acceptors (Lipinski definition) is 4. The summed E-state index contributed by atoms with van der Waals surface area (Å²) in [4.78, 5) is 6.22. The summed E-state index contributed by atoms with van der Waals surface area (Å²) < 4.78 is 27.4. The number of hydrogen-bond donors (Lipinski definition) is 1. The molecule has 9 heteroatoms. The van der Waals surface area contributed by atoms with Gasteiger partial charge < -0.3 is 10.2 Å². The van der Waals surface area contributed by atoms with Gasteiger partial charge in [0.25, 0.3) is 0 Å². The lowest BCUT2D eigenvalue weighted by atomic mass is 10.2. The summed E-state index contributed by atoms with van der Waals surface area (Å²) in [5.74, 6) is 2.53. The maximum absolute atomic E-state index is 12.4. The second-order valence-electron chi connectivity index (χ2n) is 5.78. The second kappa shape index (κ2) is 9.80. The molecule has 1 aromatic rings. The summed E-state index contributed by atoms with van der Waals surface area (Å²) in [5.41, 5.74) is 1.16. The van der Waals surface area contributed by atoms with Crippen LogP contribution in [0.15, 0.2) is 33.7 Å². The highest BCUT2D eigenvalue weighted by Crippen LogP contribution is 2.13. The normalized spacial score (nSPS) is 16.7. The highest BCUT2D eigenvalue weighted by Gasteiger charge is 2.23. The highest BCUT2D eigenvalue weighted by molar-refractivity contribution is 9.10. The number of rotatable bonds is 6. The molecule has 0 amide bonds. The molecule has 0 bridgehead atoms. The van der Waals surface area contributed by atoms with Crippen molar-refractivity contribution in [2.45, 2.75) is 6.54 Å². The predicted octanol–water partition coefficient (Wildman–Crippen LogP) is 1.83. The number of benzene rings is 1. The van der Waals surface area contributed by atoms with Gasteiger partial charge in [-0.05, 0) is 17.7 Å². The van der Waals surface area contributed by atoms with Crippen LogP contribution >= 0.6 is 27.7 Å². The van der Waals surface area contributed by atoms with Crippen LogP contribution in [0.4, 0.5) is 0 Å². The quantitative estimate of drug-likeness (QED) is 0.531. The maximum atomic E-state index is 12.4. The van der Waals surface area contributed by atoms with Gasteiger partial charge in [0.15, 0.2) is 5.96 Å². The summed E-state index contributed by atoms with van der Waals surface area (Å²) in [5, 5.41) is 3.15. The van der Waals surface area contributed by atoms with E-state index in [-0.39, 0.29) is 5.75 Å². The molecule has 25 heavy (non-hydrogen) atoms. The number of halogens is 1. The van der Waals surface area contributed by atoms with Gasteiger partial charge in [-0.2, -0.15) is 11.8 Å². The first-order valence-corrected chi connectivity index (χ1v) is 11.7. The van der Waals surface area contributed by atoms with Crippen molar-refractivity contribution in [1.29, 1.82) is 0 Å². The summed E-state index contributed by atoms with van der Waals surface area (Å²) in [6.07, 6.45) is 0. The zero-order valence-electron chi connectivity index (χ0n) is 14.6. The summed E-state index contributed by atoms with van der Waals surface area (Å²) in [6.45, 7) is 2.28. The Kier molecular flexibility index (Phi) is 8.05. The molecule has 1 aliphatic rings. The average Bonchev–Trinajstić information content (AvgIpc) is 2.61. The van der Waals surface area contributed by atoms with Crippen molar-refractivity contribution in [2.24, 2.45) is 4.99 Å². The van der Waals surface area contributed by atoms with Gasteiger partial charge in [0.05, 0.1) is 5.75 Å². The third-order valence-electron chi connectivity index (χ3n) is 3.91. The molecule has 1 aliphatic heterocycles. The molecule has 6 nitrogen and oxygen atoms in total. The minimum atomic E-state index is -3.20. The molecule has 0 radical (unpaired) electrons. The largest absolute Gasteiger partial charge is 0.355 e. The van der Waals surface area contributed by atoms with E-state index < -0.39 is 10.0 Å². The number of thioether (sulfide) groups is 1. The molecule has 0 atom stereocenters. The van der Waals surface area contributed by atoms with Crippen LogP contribution in [-0.2, 0) is 16.6 Å². The van der Waals surface area contributed by atoms with Crippen molar-refractivity contribution < 1.29 is 8.42 Å². The fourth-order valence-corrected chi connectivity index (χ4v) is 5.32. The van der Waals surface area contributed by atoms with Crippen LogP contribution in [0.5, 0.6) is 0 Å². The Balaban J connectivity index is 1.83. The zero-order valence-corrected chi connectivity index (χ0v) is 17.8. The Morgan fingerprint density at radius 1 is 1.32 bits per heavy atom. The first-order chi connectivity index (χ1) is 11.9. The lowest BCUT2D eigenvalue weighted by Gasteiger charge is -2.26. The van der Waals surface area contributed by atoms with Crippen LogP contribution in [-0.4, -0.2) is 74.6 Å². The smallest absolute Gasteiger partial charge is 0.215 e. The molecule has 1 aromatic carbocycles. The van der Waals surface area contributed by atoms with E-state index in [0.717, 1.165) is 21.5 Å². The molecule has 140 valence electrons. The van der Waals surface area contributed by atoms with Crippen LogP contribution in [0.3, 0.4) is 0 Å². The molecule has 0 aliphatic carbocycles. The monoisotopic (exact) mass is 448 g/mol. The third kappa shape index (κ3) is 6.47. The van der Waals surface area contributed by atoms with Crippen molar-refractivity contribution in [3.8, 4) is 0 Å². The van der Waals surface area contributed by atoms with Gasteiger partial charge >= 0.3 is 0 Å². The molecule has 0 aromatic heterocycles. The van der Waals surface area contributed by atoms with Gasteiger partial charge in [0.2, 0.25) is 10.0 Å². The van der Waals surface area contributed by atoms with Gasteiger partial charge in [-0.1, -0.05) is 28.1 Å². The minimum Gasteiger partial charge on any atom is -0.355 e. The van der Waals surface area contributed by atoms with Crippen LogP contribution in [0, 0.1) is 0 Å². The predicted molar refractivity (Wildman–Crippen MR) is 110 cm³/mol. The van der Waals surface area contributed by atoms with Crippen molar-refractivity contribution in [3.05, 3.63) is 34.3 Å². The van der Waals surface area contributed by atoms with Gasteiger partial charge in [0.1, 0.15) is 0 Å². The first kappa shape index (κ1) is 20.5. The summed E-state index contributed by atoms with van der Waals surface area (Å²) in [6, 6.07) is 8.10. The van der Waals surface area contributed by atoms with E-state index in [9.17, 15) is 8.42 Å². The fourth-order valence-electron chi connectivity index (χ4n) is 2.57. The van der Waals surface area contributed by atoms with Gasteiger partial charge in [-0.25, -0.2) is 12.7 Å². The fraction of sp³-hybridized carbons (Fsp3) is 0.562. The van der Waals surface area contributed by atoms with Crippen LogP contribution < -0.4 is 5.32 Å². The molecule has 1 fully saturated rings. The van der Waals surface area contributed by atoms with E-state index in [4.69, 9.17) is 0 Å².